The van der Waals surface area contributed by atoms with Gasteiger partial charge < -0.3 is 5.84 Å². The molecule has 3 aromatic rings. The van der Waals surface area contributed by atoms with E-state index in [1.165, 1.54) is 46.8 Å². The molecule has 0 bridgehead atoms. The highest BCUT2D eigenvalue weighted by Gasteiger charge is 2.26. The zero-order chi connectivity index (χ0) is 24.0. The Bertz CT molecular complexity index is 1270. The molecule has 0 unspecified atom stereocenters. The van der Waals surface area contributed by atoms with Gasteiger partial charge in [0.2, 0.25) is 10.0 Å². The lowest BCUT2D eigenvalue weighted by Crippen LogP contribution is -2.30. The van der Waals surface area contributed by atoms with Gasteiger partial charge in [0.25, 0.3) is 0 Å². The second-order valence-corrected chi connectivity index (χ2v) is 9.72. The van der Waals surface area contributed by atoms with Gasteiger partial charge in [0.1, 0.15) is 5.82 Å². The van der Waals surface area contributed by atoms with Crippen molar-refractivity contribution in [1.82, 2.24) is 9.73 Å². The van der Waals surface area contributed by atoms with Crippen LogP contribution in [0.5, 0.6) is 0 Å². The van der Waals surface area contributed by atoms with Crippen LogP contribution < -0.4 is 11.3 Å². The normalized spacial score (nSPS) is 12.1. The number of nitrogens with zero attached hydrogens (tertiary/aromatic N) is 3. The molecule has 0 spiro atoms. The smallest absolute Gasteiger partial charge is 0.243 e. The summed E-state index contributed by atoms with van der Waals surface area (Å²) in [7, 11) is -4.00. The van der Waals surface area contributed by atoms with E-state index in [1.54, 1.807) is 24.3 Å². The van der Waals surface area contributed by atoms with E-state index in [0.29, 0.717) is 27.0 Å². The van der Waals surface area contributed by atoms with Crippen LogP contribution in [0, 0.1) is 5.82 Å². The fourth-order valence-corrected chi connectivity index (χ4v) is 4.78. The molecular weight excluding hydrogens is 488 g/mol. The second-order valence-electron chi connectivity index (χ2n) is 6.91. The van der Waals surface area contributed by atoms with E-state index < -0.39 is 15.8 Å². The molecule has 172 valence electrons. The zero-order valence-electron chi connectivity index (χ0n) is 17.2. The number of rotatable bonds is 8. The minimum atomic E-state index is -4.00. The molecule has 0 aliphatic rings. The lowest BCUT2D eigenvalue weighted by atomic mass is 10.1. The number of sulfonamides is 1. The summed E-state index contributed by atoms with van der Waals surface area (Å²) < 4.78 is 42.4. The van der Waals surface area contributed by atoms with Crippen molar-refractivity contribution in [2.24, 2.45) is 16.0 Å². The second kappa shape index (κ2) is 10.8. The first-order valence-electron chi connectivity index (χ1n) is 9.53. The van der Waals surface area contributed by atoms with Gasteiger partial charge in [-0.25, -0.2) is 12.8 Å². The lowest BCUT2D eigenvalue weighted by Gasteiger charge is -2.23. The van der Waals surface area contributed by atoms with Crippen LogP contribution in [0.15, 0.2) is 81.8 Å². The number of hydrazone groups is 2. The van der Waals surface area contributed by atoms with Crippen LogP contribution in [0.2, 0.25) is 10.0 Å². The van der Waals surface area contributed by atoms with Crippen LogP contribution in [-0.4, -0.2) is 25.3 Å². The molecule has 3 N–H and O–H groups in total. The molecule has 0 saturated heterocycles. The standard InChI is InChI=1S/C22H20Cl2FN5O2S/c1-27-29-22(28-26)16-4-2-15(3-5-16)13-30(14-17-12-19(24)8-11-21(17)25)33(31,32)20-9-6-18(23)7-10-20/h2-12H,1,13-14,26H2,(H,28,29). The summed E-state index contributed by atoms with van der Waals surface area (Å²) in [6.07, 6.45) is 0. The van der Waals surface area contributed by atoms with Crippen LogP contribution >= 0.6 is 23.2 Å². The fourth-order valence-electron chi connectivity index (χ4n) is 3.05. The van der Waals surface area contributed by atoms with Gasteiger partial charge in [0, 0.05) is 41.0 Å². The average molecular weight is 508 g/mol. The lowest BCUT2D eigenvalue weighted by molar-refractivity contribution is 0.394. The largest absolute Gasteiger partial charge is 0.321 e. The number of hydrogen-bond acceptors (Lipinski definition) is 5. The Morgan fingerprint density at radius 1 is 1.00 bits per heavy atom. The molecule has 0 saturated carbocycles. The third-order valence-corrected chi connectivity index (χ3v) is 7.00. The number of amidine groups is 1. The molecule has 0 aliphatic carbocycles. The Morgan fingerprint density at radius 3 is 2.24 bits per heavy atom. The topological polar surface area (TPSA) is 100 Å². The van der Waals surface area contributed by atoms with Crippen molar-refractivity contribution >= 4 is 45.8 Å². The zero-order valence-corrected chi connectivity index (χ0v) is 19.6. The molecular formula is C22H20Cl2FN5O2S. The predicted molar refractivity (Wildman–Crippen MR) is 129 cm³/mol. The number of hydrogen-bond donors (Lipinski definition) is 2. The van der Waals surface area contributed by atoms with Crippen LogP contribution in [0.25, 0.3) is 0 Å². The summed E-state index contributed by atoms with van der Waals surface area (Å²) in [4.78, 5) is 0.0322. The van der Waals surface area contributed by atoms with E-state index in [1.807, 2.05) is 0 Å². The van der Waals surface area contributed by atoms with Crippen molar-refractivity contribution < 1.29 is 12.8 Å². The quantitative estimate of drug-likeness (QED) is 0.205. The molecule has 33 heavy (non-hydrogen) atoms. The number of halogens is 3. The number of nitrogens with two attached hydrogens (primary N) is 1. The third kappa shape index (κ3) is 6.08. The monoisotopic (exact) mass is 507 g/mol. The molecule has 0 radical (unpaired) electrons. The van der Waals surface area contributed by atoms with Gasteiger partial charge >= 0.3 is 0 Å². The molecule has 0 aliphatic heterocycles. The predicted octanol–water partition coefficient (Wildman–Crippen LogP) is 4.35. The van der Waals surface area contributed by atoms with E-state index in [2.05, 4.69) is 22.3 Å². The summed E-state index contributed by atoms with van der Waals surface area (Å²) in [6, 6.07) is 16.6. The Labute approximate surface area is 201 Å². The highest BCUT2D eigenvalue weighted by atomic mass is 35.5. The molecule has 3 rings (SSSR count). The first kappa shape index (κ1) is 24.7. The van der Waals surface area contributed by atoms with E-state index in [-0.39, 0.29) is 23.5 Å². The van der Waals surface area contributed by atoms with Crippen molar-refractivity contribution in [1.29, 1.82) is 0 Å². The van der Waals surface area contributed by atoms with Crippen molar-refractivity contribution in [3.63, 3.8) is 0 Å². The van der Waals surface area contributed by atoms with Crippen LogP contribution in [0.1, 0.15) is 16.7 Å². The molecule has 0 heterocycles. The summed E-state index contributed by atoms with van der Waals surface area (Å²) in [6.45, 7) is 3.07. The van der Waals surface area contributed by atoms with Crippen molar-refractivity contribution in [2.75, 3.05) is 0 Å². The Morgan fingerprint density at radius 2 is 1.64 bits per heavy atom. The highest BCUT2D eigenvalue weighted by Crippen LogP contribution is 2.25. The van der Waals surface area contributed by atoms with Gasteiger partial charge in [0.05, 0.1) is 4.90 Å². The first-order valence-corrected chi connectivity index (χ1v) is 11.7. The van der Waals surface area contributed by atoms with Crippen molar-refractivity contribution in [3.05, 3.63) is 99.3 Å². The van der Waals surface area contributed by atoms with E-state index >= 15 is 0 Å². The minimum Gasteiger partial charge on any atom is -0.321 e. The van der Waals surface area contributed by atoms with E-state index in [9.17, 15) is 12.8 Å². The van der Waals surface area contributed by atoms with Gasteiger partial charge in [-0.3, -0.25) is 5.43 Å². The average Bonchev–Trinajstić information content (AvgIpc) is 2.80. The molecule has 7 nitrogen and oxygen atoms in total. The molecule has 11 heteroatoms. The van der Waals surface area contributed by atoms with Gasteiger partial charge in [-0.1, -0.05) is 47.5 Å². The summed E-state index contributed by atoms with van der Waals surface area (Å²) in [5.74, 6) is 5.09. The summed E-state index contributed by atoms with van der Waals surface area (Å²) in [5.41, 5.74) is 4.00. The Balaban J connectivity index is 1.97. The molecule has 3 aromatic carbocycles. The Kier molecular flexibility index (Phi) is 8.04. The summed E-state index contributed by atoms with van der Waals surface area (Å²) >= 11 is 11.9. The molecule has 0 amide bonds. The molecule has 0 fully saturated rings. The number of benzene rings is 3. The van der Waals surface area contributed by atoms with Gasteiger partial charge in [0.15, 0.2) is 5.84 Å². The fraction of sp³-hybridized carbons (Fsp3) is 0.0909. The maximum Gasteiger partial charge on any atom is 0.243 e. The van der Waals surface area contributed by atoms with Crippen LogP contribution in [0.3, 0.4) is 0 Å². The van der Waals surface area contributed by atoms with E-state index in [4.69, 9.17) is 29.0 Å². The van der Waals surface area contributed by atoms with Gasteiger partial charge in [-0.15, -0.1) is 0 Å². The number of nitrogens with one attached hydrogen (secondary N) is 1. The van der Waals surface area contributed by atoms with Gasteiger partial charge in [-0.05, 0) is 48.0 Å². The summed E-state index contributed by atoms with van der Waals surface area (Å²) in [5, 5.41) is 7.84. The maximum atomic E-state index is 14.4. The Hall–Kier alpha value is -2.98. The molecule has 0 aromatic heterocycles. The SMILES string of the molecule is C=NN/C(=N\N)c1ccc(CN(Cc2cc(Cl)ccc2F)S(=O)(=O)c2ccc(Cl)cc2)cc1. The molecule has 0 atom stereocenters. The first-order chi connectivity index (χ1) is 15.7. The van der Waals surface area contributed by atoms with Crippen LogP contribution in [-0.2, 0) is 23.1 Å². The van der Waals surface area contributed by atoms with Crippen molar-refractivity contribution in [2.45, 2.75) is 18.0 Å². The van der Waals surface area contributed by atoms with Crippen molar-refractivity contribution in [3.8, 4) is 0 Å². The van der Waals surface area contributed by atoms with E-state index in [0.717, 1.165) is 0 Å². The maximum absolute atomic E-state index is 14.4. The minimum absolute atomic E-state index is 0.0283. The van der Waals surface area contributed by atoms with Crippen LogP contribution in [0.4, 0.5) is 4.39 Å². The third-order valence-electron chi connectivity index (χ3n) is 4.71. The highest BCUT2D eigenvalue weighted by molar-refractivity contribution is 7.89. The van der Waals surface area contributed by atoms with Gasteiger partial charge in [-0.2, -0.15) is 14.5 Å².